The van der Waals surface area contributed by atoms with Gasteiger partial charge in [-0.1, -0.05) is 30.3 Å². The number of benzene rings is 1. The number of nitrogens with two attached hydrogens (primary N) is 1. The molecule has 1 amide bonds. The normalized spacial score (nSPS) is 21.4. The summed E-state index contributed by atoms with van der Waals surface area (Å²) in [4.78, 5) is 13.5. The molecule has 1 aromatic rings. The van der Waals surface area contributed by atoms with Crippen LogP contribution in [0, 0.1) is 5.92 Å². The second-order valence-corrected chi connectivity index (χ2v) is 7.41. The van der Waals surface area contributed by atoms with Crippen molar-refractivity contribution in [3.05, 3.63) is 41.5 Å². The highest BCUT2D eigenvalue weighted by Gasteiger charge is 2.35. The first-order valence-electron chi connectivity index (χ1n) is 7.56. The predicted molar refractivity (Wildman–Crippen MR) is 88.9 cm³/mol. The van der Waals surface area contributed by atoms with Crippen LogP contribution in [0.2, 0.25) is 0 Å². The third kappa shape index (κ3) is 2.88. The van der Waals surface area contributed by atoms with Crippen molar-refractivity contribution in [2.24, 2.45) is 16.0 Å². The lowest BCUT2D eigenvalue weighted by molar-refractivity contribution is -0.122. The van der Waals surface area contributed by atoms with Crippen molar-refractivity contribution < 1.29 is 13.2 Å². The molecule has 0 spiro atoms. The Labute approximate surface area is 135 Å². The lowest BCUT2D eigenvalue weighted by Gasteiger charge is -2.32. The molecule has 0 saturated carbocycles. The van der Waals surface area contributed by atoms with Crippen molar-refractivity contribution in [2.45, 2.75) is 19.8 Å². The van der Waals surface area contributed by atoms with Gasteiger partial charge in [-0.05, 0) is 25.3 Å². The minimum atomic E-state index is -3.68. The average Bonchev–Trinajstić information content (AvgIpc) is 2.77. The van der Waals surface area contributed by atoms with E-state index in [1.165, 1.54) is 0 Å². The largest absolute Gasteiger partial charge is 0.369 e. The second-order valence-electron chi connectivity index (χ2n) is 5.87. The number of hydrogen-bond donors (Lipinski definition) is 1. The first kappa shape index (κ1) is 15.7. The molecule has 23 heavy (non-hydrogen) atoms. The van der Waals surface area contributed by atoms with Crippen LogP contribution in [0.5, 0.6) is 0 Å². The summed E-state index contributed by atoms with van der Waals surface area (Å²) >= 11 is 0. The maximum Gasteiger partial charge on any atom is 0.285 e. The molecule has 1 fully saturated rings. The first-order chi connectivity index (χ1) is 10.9. The van der Waals surface area contributed by atoms with E-state index >= 15 is 0 Å². The van der Waals surface area contributed by atoms with Crippen molar-refractivity contribution >= 4 is 26.7 Å². The van der Waals surface area contributed by atoms with Crippen LogP contribution in [-0.4, -0.2) is 38.2 Å². The maximum absolute atomic E-state index is 12.5. The zero-order chi connectivity index (χ0) is 16.6. The number of sulfonamides is 1. The lowest BCUT2D eigenvalue weighted by atomic mass is 9.95. The van der Waals surface area contributed by atoms with Gasteiger partial charge in [0.05, 0.1) is 0 Å². The lowest BCUT2D eigenvalue weighted by Crippen LogP contribution is -2.41. The zero-order valence-electron chi connectivity index (χ0n) is 12.9. The molecule has 2 N–H and O–H groups in total. The minimum absolute atomic E-state index is 0.136. The Morgan fingerprint density at radius 1 is 1.22 bits per heavy atom. The molecule has 7 heteroatoms. The van der Waals surface area contributed by atoms with E-state index in [0.717, 1.165) is 0 Å². The summed E-state index contributed by atoms with van der Waals surface area (Å²) in [5, 5.41) is 0. The molecule has 0 bridgehead atoms. The molecular formula is C16H19N3O3S. The molecule has 2 aliphatic heterocycles. The number of likely N-dealkylation sites (tertiary alicyclic amines) is 1. The van der Waals surface area contributed by atoms with Gasteiger partial charge in [0.2, 0.25) is 5.91 Å². The fourth-order valence-corrected chi connectivity index (χ4v) is 4.63. The number of rotatable bonds is 2. The van der Waals surface area contributed by atoms with Gasteiger partial charge in [-0.25, -0.2) is 0 Å². The minimum Gasteiger partial charge on any atom is -0.369 e. The van der Waals surface area contributed by atoms with Gasteiger partial charge in [0.1, 0.15) is 10.7 Å². The van der Waals surface area contributed by atoms with Crippen LogP contribution in [0.25, 0.3) is 4.91 Å². The van der Waals surface area contributed by atoms with Crippen LogP contribution in [0.3, 0.4) is 0 Å². The van der Waals surface area contributed by atoms with E-state index in [0.29, 0.717) is 42.9 Å². The second kappa shape index (κ2) is 5.81. The molecule has 2 aliphatic rings. The maximum atomic E-state index is 12.5. The van der Waals surface area contributed by atoms with Crippen molar-refractivity contribution in [3.8, 4) is 0 Å². The van der Waals surface area contributed by atoms with Crippen LogP contribution in [0.1, 0.15) is 25.3 Å². The van der Waals surface area contributed by atoms with Crippen LogP contribution in [0.15, 0.2) is 40.3 Å². The van der Waals surface area contributed by atoms with E-state index in [1.54, 1.807) is 19.1 Å². The molecular weight excluding hydrogens is 314 g/mol. The van der Waals surface area contributed by atoms with Gasteiger partial charge in [0.25, 0.3) is 10.0 Å². The molecule has 1 saturated heterocycles. The molecule has 122 valence electrons. The van der Waals surface area contributed by atoms with Gasteiger partial charge in [-0.2, -0.15) is 8.42 Å². The fourth-order valence-electron chi connectivity index (χ4n) is 3.15. The van der Waals surface area contributed by atoms with Crippen LogP contribution >= 0.6 is 0 Å². The van der Waals surface area contributed by atoms with Crippen LogP contribution in [-0.2, 0) is 14.8 Å². The number of piperidine rings is 1. The van der Waals surface area contributed by atoms with Crippen LogP contribution in [0.4, 0.5) is 0 Å². The van der Waals surface area contributed by atoms with E-state index in [2.05, 4.69) is 4.40 Å². The van der Waals surface area contributed by atoms with Gasteiger partial charge >= 0.3 is 0 Å². The van der Waals surface area contributed by atoms with E-state index in [1.807, 2.05) is 23.1 Å². The standard InChI is InChI=1S/C16H19N3O3S/c1-11-14(12-5-3-2-4-6-12)23(21,22)18-16(11)19-9-7-13(8-10-19)15(17)20/h2-6,13H,7-10H2,1H3,(H2,17,20). The summed E-state index contributed by atoms with van der Waals surface area (Å²) in [7, 11) is -3.68. The van der Waals surface area contributed by atoms with E-state index in [4.69, 9.17) is 5.73 Å². The SMILES string of the molecule is CC1=C(c2ccccc2)S(=O)(=O)N=C1N1CCC(C(N)=O)CC1. The van der Waals surface area contributed by atoms with Crippen molar-refractivity contribution in [1.82, 2.24) is 4.90 Å². The number of amidine groups is 1. The number of primary amides is 1. The zero-order valence-corrected chi connectivity index (χ0v) is 13.7. The van der Waals surface area contributed by atoms with Gasteiger partial charge < -0.3 is 10.6 Å². The molecule has 1 aromatic carbocycles. The third-order valence-electron chi connectivity index (χ3n) is 4.37. The van der Waals surface area contributed by atoms with Gasteiger partial charge in [-0.3, -0.25) is 4.79 Å². The number of nitrogens with zero attached hydrogens (tertiary/aromatic N) is 2. The first-order valence-corrected chi connectivity index (χ1v) is 9.00. The molecule has 0 atom stereocenters. The summed E-state index contributed by atoms with van der Waals surface area (Å²) in [5.41, 5.74) is 6.65. The van der Waals surface area contributed by atoms with E-state index in [-0.39, 0.29) is 16.7 Å². The van der Waals surface area contributed by atoms with E-state index < -0.39 is 10.0 Å². The molecule has 0 aromatic heterocycles. The summed E-state index contributed by atoms with van der Waals surface area (Å²) < 4.78 is 28.9. The van der Waals surface area contributed by atoms with Crippen molar-refractivity contribution in [3.63, 3.8) is 0 Å². The molecule has 6 nitrogen and oxygen atoms in total. The quantitative estimate of drug-likeness (QED) is 0.884. The smallest absolute Gasteiger partial charge is 0.285 e. The summed E-state index contributed by atoms with van der Waals surface area (Å²) in [6.07, 6.45) is 1.25. The molecule has 3 rings (SSSR count). The average molecular weight is 333 g/mol. The molecule has 0 aliphatic carbocycles. The van der Waals surface area contributed by atoms with Gasteiger partial charge in [0.15, 0.2) is 0 Å². The Hall–Kier alpha value is -2.15. The Balaban J connectivity index is 1.90. The number of carbonyl (C=O) groups is 1. The number of hydrogen-bond acceptors (Lipinski definition) is 4. The highest BCUT2D eigenvalue weighted by atomic mass is 32.2. The van der Waals surface area contributed by atoms with Crippen LogP contribution < -0.4 is 5.73 Å². The monoisotopic (exact) mass is 333 g/mol. The molecule has 0 unspecified atom stereocenters. The number of amides is 1. The van der Waals surface area contributed by atoms with E-state index in [9.17, 15) is 13.2 Å². The Kier molecular flexibility index (Phi) is 3.97. The Morgan fingerprint density at radius 3 is 2.39 bits per heavy atom. The van der Waals surface area contributed by atoms with Crippen molar-refractivity contribution in [2.75, 3.05) is 13.1 Å². The Bertz CT molecular complexity index is 789. The summed E-state index contributed by atoms with van der Waals surface area (Å²) in [6, 6.07) is 9.00. The topological polar surface area (TPSA) is 92.8 Å². The molecule has 0 radical (unpaired) electrons. The highest BCUT2D eigenvalue weighted by Crippen LogP contribution is 2.34. The third-order valence-corrected chi connectivity index (χ3v) is 5.84. The summed E-state index contributed by atoms with van der Waals surface area (Å²) in [5.74, 6) is 0.0670. The number of carbonyl (C=O) groups excluding carboxylic acids is 1. The van der Waals surface area contributed by atoms with Crippen molar-refractivity contribution in [1.29, 1.82) is 0 Å². The summed E-state index contributed by atoms with van der Waals surface area (Å²) in [6.45, 7) is 2.95. The van der Waals surface area contributed by atoms with Gasteiger partial charge in [-0.15, -0.1) is 4.40 Å². The molecule has 2 heterocycles. The highest BCUT2D eigenvalue weighted by molar-refractivity contribution is 8.00. The Morgan fingerprint density at radius 2 is 1.83 bits per heavy atom. The fraction of sp³-hybridized carbons (Fsp3) is 0.375. The predicted octanol–water partition coefficient (Wildman–Crippen LogP) is 1.36. The van der Waals surface area contributed by atoms with Gasteiger partial charge in [0, 0.05) is 24.6 Å².